The predicted octanol–water partition coefficient (Wildman–Crippen LogP) is 2.20. The maximum absolute atomic E-state index is 10.2. The van der Waals surface area contributed by atoms with E-state index in [-0.39, 0.29) is 14.6 Å². The van der Waals surface area contributed by atoms with E-state index in [1.165, 1.54) is 0 Å². The third kappa shape index (κ3) is 2.96. The molecule has 0 heterocycles. The van der Waals surface area contributed by atoms with Crippen LogP contribution in [0.2, 0.25) is 0 Å². The molecule has 0 radical (unpaired) electrons. The number of alkyl halides is 2. The topological polar surface area (TPSA) is 43.1 Å². The van der Waals surface area contributed by atoms with Crippen LogP contribution in [0.5, 0.6) is 0 Å². The van der Waals surface area contributed by atoms with Crippen LogP contribution in [-0.4, -0.2) is 20.6 Å². The third-order valence-electron chi connectivity index (χ3n) is 1.23. The highest BCUT2D eigenvalue weighted by molar-refractivity contribution is 9.12. The van der Waals surface area contributed by atoms with Crippen LogP contribution in [0.4, 0.5) is 0 Å². The fourth-order valence-electron chi connectivity index (χ4n) is 0.500. The van der Waals surface area contributed by atoms with Gasteiger partial charge in [0.25, 0.3) is 0 Å². The molecule has 0 N–H and O–H groups in total. The van der Waals surface area contributed by atoms with Crippen LogP contribution in [0.25, 0.3) is 0 Å². The SMILES string of the molecule is CC(Br)C(Br)C(C)[N+](=O)[O-]. The fraction of sp³-hybridized carbons (Fsp3) is 1.00. The number of rotatable bonds is 3. The predicted molar refractivity (Wildman–Crippen MR) is 47.6 cm³/mol. The summed E-state index contributed by atoms with van der Waals surface area (Å²) in [5.41, 5.74) is 0. The molecule has 0 saturated heterocycles. The van der Waals surface area contributed by atoms with Crippen molar-refractivity contribution in [1.82, 2.24) is 0 Å². The molecule has 10 heavy (non-hydrogen) atoms. The van der Waals surface area contributed by atoms with Crippen LogP contribution >= 0.6 is 31.9 Å². The first-order valence-electron chi connectivity index (χ1n) is 2.88. The minimum atomic E-state index is -0.547. The highest BCUT2D eigenvalue weighted by atomic mass is 79.9. The van der Waals surface area contributed by atoms with Gasteiger partial charge < -0.3 is 0 Å². The Labute approximate surface area is 76.6 Å². The molecule has 0 amide bonds. The van der Waals surface area contributed by atoms with Gasteiger partial charge in [-0.15, -0.1) is 0 Å². The minimum Gasteiger partial charge on any atom is -0.264 e. The van der Waals surface area contributed by atoms with E-state index in [2.05, 4.69) is 31.9 Å². The molecule has 60 valence electrons. The van der Waals surface area contributed by atoms with Gasteiger partial charge in [0.15, 0.2) is 0 Å². The van der Waals surface area contributed by atoms with E-state index in [1.54, 1.807) is 6.92 Å². The molecule has 0 saturated carbocycles. The van der Waals surface area contributed by atoms with E-state index in [1.807, 2.05) is 6.92 Å². The summed E-state index contributed by atoms with van der Waals surface area (Å²) in [4.78, 5) is 9.92. The molecule has 0 aliphatic heterocycles. The molecule has 0 aromatic carbocycles. The third-order valence-corrected chi connectivity index (χ3v) is 4.07. The summed E-state index contributed by atoms with van der Waals surface area (Å²) in [6.07, 6.45) is 0. The van der Waals surface area contributed by atoms with E-state index in [0.717, 1.165) is 0 Å². The number of nitrogens with zero attached hydrogens (tertiary/aromatic N) is 1. The van der Waals surface area contributed by atoms with Gasteiger partial charge in [-0.25, -0.2) is 0 Å². The van der Waals surface area contributed by atoms with Crippen LogP contribution in [0.1, 0.15) is 13.8 Å². The first kappa shape index (κ1) is 10.4. The van der Waals surface area contributed by atoms with Crippen molar-refractivity contribution < 1.29 is 4.92 Å². The van der Waals surface area contributed by atoms with Crippen molar-refractivity contribution in [1.29, 1.82) is 0 Å². The molecule has 3 nitrogen and oxygen atoms in total. The van der Waals surface area contributed by atoms with Crippen molar-refractivity contribution in [3.05, 3.63) is 10.1 Å². The number of nitro groups is 1. The van der Waals surface area contributed by atoms with Crippen molar-refractivity contribution in [2.75, 3.05) is 0 Å². The zero-order valence-electron chi connectivity index (χ0n) is 5.75. The van der Waals surface area contributed by atoms with Crippen LogP contribution in [0.3, 0.4) is 0 Å². The van der Waals surface area contributed by atoms with Crippen LogP contribution in [0.15, 0.2) is 0 Å². The van der Waals surface area contributed by atoms with Gasteiger partial charge in [0.1, 0.15) is 0 Å². The Morgan fingerprint density at radius 3 is 1.90 bits per heavy atom. The lowest BCUT2D eigenvalue weighted by Gasteiger charge is -2.12. The van der Waals surface area contributed by atoms with E-state index in [0.29, 0.717) is 0 Å². The molecule has 0 bridgehead atoms. The average Bonchev–Trinajstić information content (AvgIpc) is 1.84. The summed E-state index contributed by atoms with van der Waals surface area (Å²) in [6, 6.07) is -0.547. The molecule has 5 heteroatoms. The second-order valence-corrected chi connectivity index (χ2v) is 4.65. The Hall–Kier alpha value is 0.360. The second-order valence-electron chi connectivity index (χ2n) is 2.15. The Morgan fingerprint density at radius 2 is 1.80 bits per heavy atom. The number of hydrogen-bond donors (Lipinski definition) is 0. The second kappa shape index (κ2) is 4.28. The van der Waals surface area contributed by atoms with E-state index < -0.39 is 6.04 Å². The molecular formula is C5H9Br2NO2. The molecule has 0 fully saturated rings. The Kier molecular flexibility index (Phi) is 4.44. The highest BCUT2D eigenvalue weighted by Gasteiger charge is 2.27. The molecule has 0 aliphatic carbocycles. The fourth-order valence-corrected chi connectivity index (χ4v) is 1.13. The Morgan fingerprint density at radius 1 is 1.40 bits per heavy atom. The number of halogens is 2. The largest absolute Gasteiger partial charge is 0.264 e. The summed E-state index contributed by atoms with van der Waals surface area (Å²) in [5.74, 6) is 0. The normalized spacial score (nSPS) is 19.6. The maximum atomic E-state index is 10.2. The van der Waals surface area contributed by atoms with Gasteiger partial charge in [-0.2, -0.15) is 0 Å². The summed E-state index contributed by atoms with van der Waals surface area (Å²) < 4.78 is 0. The minimum absolute atomic E-state index is 0.109. The van der Waals surface area contributed by atoms with Crippen molar-refractivity contribution in [2.24, 2.45) is 0 Å². The van der Waals surface area contributed by atoms with E-state index >= 15 is 0 Å². The molecule has 0 aliphatic rings. The first-order chi connectivity index (χ1) is 4.46. The van der Waals surface area contributed by atoms with E-state index in [9.17, 15) is 10.1 Å². The van der Waals surface area contributed by atoms with Gasteiger partial charge in [-0.1, -0.05) is 38.8 Å². The summed E-state index contributed by atoms with van der Waals surface area (Å²) in [5, 5.41) is 10.2. The lowest BCUT2D eigenvalue weighted by Crippen LogP contribution is -2.31. The van der Waals surface area contributed by atoms with Crippen molar-refractivity contribution in [2.45, 2.75) is 29.5 Å². The molecule has 0 rings (SSSR count). The van der Waals surface area contributed by atoms with Crippen molar-refractivity contribution in [3.63, 3.8) is 0 Å². The Bertz CT molecular complexity index is 129. The first-order valence-corrected chi connectivity index (χ1v) is 4.71. The zero-order valence-corrected chi connectivity index (χ0v) is 8.92. The van der Waals surface area contributed by atoms with Crippen molar-refractivity contribution >= 4 is 31.9 Å². The lowest BCUT2D eigenvalue weighted by molar-refractivity contribution is -0.516. The van der Waals surface area contributed by atoms with Gasteiger partial charge in [0, 0.05) is 16.7 Å². The molecular weight excluding hydrogens is 266 g/mol. The smallest absolute Gasteiger partial charge is 0.223 e. The van der Waals surface area contributed by atoms with Crippen LogP contribution < -0.4 is 0 Å². The van der Waals surface area contributed by atoms with Gasteiger partial charge in [0.2, 0.25) is 6.04 Å². The van der Waals surface area contributed by atoms with E-state index in [4.69, 9.17) is 0 Å². The summed E-state index contributed by atoms with van der Waals surface area (Å²) in [6.45, 7) is 3.45. The lowest BCUT2D eigenvalue weighted by atomic mass is 10.2. The number of hydrogen-bond acceptors (Lipinski definition) is 2. The average molecular weight is 275 g/mol. The van der Waals surface area contributed by atoms with Gasteiger partial charge in [-0.05, 0) is 0 Å². The zero-order chi connectivity index (χ0) is 8.31. The quantitative estimate of drug-likeness (QED) is 0.450. The van der Waals surface area contributed by atoms with Crippen LogP contribution in [-0.2, 0) is 0 Å². The Balaban J connectivity index is 3.94. The molecule has 3 unspecified atom stereocenters. The maximum Gasteiger partial charge on any atom is 0.223 e. The van der Waals surface area contributed by atoms with Gasteiger partial charge in [0.05, 0.1) is 4.83 Å². The standard InChI is InChI=1S/C5H9Br2NO2/c1-3(6)5(7)4(2)8(9)10/h3-5H,1-2H3. The molecule has 0 spiro atoms. The van der Waals surface area contributed by atoms with Gasteiger partial charge >= 0.3 is 0 Å². The molecule has 3 atom stereocenters. The van der Waals surface area contributed by atoms with Crippen LogP contribution in [0, 0.1) is 10.1 Å². The molecule has 0 aromatic rings. The monoisotopic (exact) mass is 273 g/mol. The summed E-state index contributed by atoms with van der Waals surface area (Å²) in [7, 11) is 0. The summed E-state index contributed by atoms with van der Waals surface area (Å²) >= 11 is 6.48. The highest BCUT2D eigenvalue weighted by Crippen LogP contribution is 2.18. The van der Waals surface area contributed by atoms with Gasteiger partial charge in [-0.3, -0.25) is 10.1 Å². The van der Waals surface area contributed by atoms with Crippen molar-refractivity contribution in [3.8, 4) is 0 Å². The molecule has 0 aromatic heterocycles.